The molecule has 1 aromatic rings. The molecule has 1 N–H and O–H groups in total. The molecule has 6 heteroatoms. The molecule has 1 saturated heterocycles. The van der Waals surface area contributed by atoms with Crippen molar-refractivity contribution in [2.24, 2.45) is 0 Å². The number of carbonyl (C=O) groups is 2. The van der Waals surface area contributed by atoms with Gasteiger partial charge in [-0.05, 0) is 24.3 Å². The van der Waals surface area contributed by atoms with E-state index in [-0.39, 0.29) is 24.4 Å². The number of amides is 2. The Labute approximate surface area is 110 Å². The van der Waals surface area contributed by atoms with Gasteiger partial charge in [-0.2, -0.15) is 0 Å². The molecule has 1 fully saturated rings. The van der Waals surface area contributed by atoms with Crippen LogP contribution in [0.4, 0.5) is 14.9 Å². The van der Waals surface area contributed by atoms with Gasteiger partial charge in [-0.3, -0.25) is 9.69 Å². The Balaban J connectivity index is 1.96. The summed E-state index contributed by atoms with van der Waals surface area (Å²) in [4.78, 5) is 24.2. The average Bonchev–Trinajstić information content (AvgIpc) is 2.78. The van der Waals surface area contributed by atoms with Crippen LogP contribution < -0.4 is 10.2 Å². The highest BCUT2D eigenvalue weighted by Crippen LogP contribution is 2.21. The molecule has 19 heavy (non-hydrogen) atoms. The number of halogens is 1. The second-order valence-corrected chi connectivity index (χ2v) is 4.25. The van der Waals surface area contributed by atoms with E-state index in [0.717, 1.165) is 0 Å². The Hall–Kier alpha value is -2.11. The van der Waals surface area contributed by atoms with E-state index in [2.05, 4.69) is 5.32 Å². The third-order valence-electron chi connectivity index (χ3n) is 2.86. The summed E-state index contributed by atoms with van der Waals surface area (Å²) in [7, 11) is 0. The maximum atomic E-state index is 12.8. The van der Waals surface area contributed by atoms with Crippen molar-refractivity contribution in [2.75, 3.05) is 18.0 Å². The van der Waals surface area contributed by atoms with Gasteiger partial charge in [-0.15, -0.1) is 0 Å². The highest BCUT2D eigenvalue weighted by molar-refractivity contribution is 5.89. The number of rotatable bonds is 4. The van der Waals surface area contributed by atoms with Gasteiger partial charge < -0.3 is 10.1 Å². The fourth-order valence-corrected chi connectivity index (χ4v) is 1.81. The first kappa shape index (κ1) is 13.3. The predicted molar refractivity (Wildman–Crippen MR) is 67.3 cm³/mol. The molecule has 5 nitrogen and oxygen atoms in total. The number of hydrogen-bond donors (Lipinski definition) is 1. The van der Waals surface area contributed by atoms with Crippen molar-refractivity contribution < 1.29 is 18.7 Å². The fourth-order valence-electron chi connectivity index (χ4n) is 1.81. The van der Waals surface area contributed by atoms with Crippen LogP contribution in [0.3, 0.4) is 0 Å². The third kappa shape index (κ3) is 3.21. The van der Waals surface area contributed by atoms with Crippen LogP contribution >= 0.6 is 0 Å². The predicted octanol–water partition coefficient (Wildman–Crippen LogP) is 1.68. The minimum atomic E-state index is -0.484. The third-order valence-corrected chi connectivity index (χ3v) is 2.86. The average molecular weight is 266 g/mol. The van der Waals surface area contributed by atoms with Crippen LogP contribution in [0.15, 0.2) is 24.3 Å². The topological polar surface area (TPSA) is 58.6 Å². The summed E-state index contributed by atoms with van der Waals surface area (Å²) in [5.74, 6) is -0.445. The quantitative estimate of drug-likeness (QED) is 0.902. The number of hydrogen-bond acceptors (Lipinski definition) is 3. The fraction of sp³-hybridized carbons (Fsp3) is 0.385. The van der Waals surface area contributed by atoms with Gasteiger partial charge >= 0.3 is 6.09 Å². The molecule has 2 rings (SSSR count). The second-order valence-electron chi connectivity index (χ2n) is 4.25. The van der Waals surface area contributed by atoms with Gasteiger partial charge in [0.25, 0.3) is 0 Å². The summed E-state index contributed by atoms with van der Waals surface area (Å²) in [6, 6.07) is 5.61. The standard InChI is InChI=1S/C13H15FN2O3/c1-2-12(17)15-7-11-8-16(13(18)19-11)10-5-3-9(14)4-6-10/h3-6,11H,2,7-8H2,1H3,(H,15,17)/t11-/m0/s1. The number of nitrogens with one attached hydrogen (secondary N) is 1. The Morgan fingerprint density at radius 1 is 1.47 bits per heavy atom. The van der Waals surface area contributed by atoms with Crippen molar-refractivity contribution in [3.05, 3.63) is 30.1 Å². The molecular weight excluding hydrogens is 251 g/mol. The summed E-state index contributed by atoms with van der Waals surface area (Å²) < 4.78 is 17.9. The number of ether oxygens (including phenoxy) is 1. The molecule has 0 unspecified atom stereocenters. The largest absolute Gasteiger partial charge is 0.442 e. The van der Waals surface area contributed by atoms with Crippen LogP contribution in [0.1, 0.15) is 13.3 Å². The molecule has 1 aromatic carbocycles. The minimum absolute atomic E-state index is 0.0868. The maximum absolute atomic E-state index is 12.8. The monoisotopic (exact) mass is 266 g/mol. The zero-order valence-electron chi connectivity index (χ0n) is 10.6. The Bertz CT molecular complexity index is 475. The number of carbonyl (C=O) groups excluding carboxylic acids is 2. The highest BCUT2D eigenvalue weighted by atomic mass is 19.1. The smallest absolute Gasteiger partial charge is 0.414 e. The van der Waals surface area contributed by atoms with E-state index < -0.39 is 6.09 Å². The molecular formula is C13H15FN2O3. The summed E-state index contributed by atoms with van der Waals surface area (Å²) in [6.07, 6.45) is -0.474. The van der Waals surface area contributed by atoms with E-state index in [1.54, 1.807) is 6.92 Å². The van der Waals surface area contributed by atoms with Crippen LogP contribution in [0.5, 0.6) is 0 Å². The Kier molecular flexibility index (Phi) is 3.99. The lowest BCUT2D eigenvalue weighted by atomic mass is 10.2. The molecule has 0 saturated carbocycles. The Morgan fingerprint density at radius 3 is 2.79 bits per heavy atom. The van der Waals surface area contributed by atoms with E-state index in [0.29, 0.717) is 18.7 Å². The molecule has 0 spiro atoms. The zero-order chi connectivity index (χ0) is 13.8. The molecule has 0 bridgehead atoms. The number of benzene rings is 1. The van der Waals surface area contributed by atoms with Crippen LogP contribution in [0.25, 0.3) is 0 Å². The molecule has 1 aliphatic rings. The van der Waals surface area contributed by atoms with Crippen molar-refractivity contribution in [3.8, 4) is 0 Å². The van der Waals surface area contributed by atoms with Gasteiger partial charge in [-0.25, -0.2) is 9.18 Å². The first-order chi connectivity index (χ1) is 9.10. The molecule has 0 aliphatic carbocycles. The minimum Gasteiger partial charge on any atom is -0.442 e. The number of cyclic esters (lactones) is 1. The summed E-state index contributed by atoms with van der Waals surface area (Å²) in [6.45, 7) is 2.38. The first-order valence-electron chi connectivity index (χ1n) is 6.10. The lowest BCUT2D eigenvalue weighted by Crippen LogP contribution is -2.34. The molecule has 1 heterocycles. The normalized spacial score (nSPS) is 18.3. The van der Waals surface area contributed by atoms with E-state index in [4.69, 9.17) is 4.74 Å². The van der Waals surface area contributed by atoms with Crippen LogP contribution in [-0.4, -0.2) is 31.2 Å². The highest BCUT2D eigenvalue weighted by Gasteiger charge is 2.32. The van der Waals surface area contributed by atoms with Gasteiger partial charge in [0.1, 0.15) is 11.9 Å². The van der Waals surface area contributed by atoms with Crippen molar-refractivity contribution >= 4 is 17.7 Å². The van der Waals surface area contributed by atoms with Gasteiger partial charge in [0.2, 0.25) is 5.91 Å². The summed E-state index contributed by atoms with van der Waals surface area (Å²) in [5.41, 5.74) is 0.579. The number of nitrogens with zero attached hydrogens (tertiary/aromatic N) is 1. The van der Waals surface area contributed by atoms with Gasteiger partial charge in [-0.1, -0.05) is 6.92 Å². The first-order valence-corrected chi connectivity index (χ1v) is 6.10. The van der Waals surface area contributed by atoms with Gasteiger partial charge in [0.15, 0.2) is 0 Å². The van der Waals surface area contributed by atoms with E-state index in [9.17, 15) is 14.0 Å². The van der Waals surface area contributed by atoms with Crippen molar-refractivity contribution in [1.82, 2.24) is 5.32 Å². The lowest BCUT2D eigenvalue weighted by molar-refractivity contribution is -0.121. The van der Waals surface area contributed by atoms with E-state index in [1.807, 2.05) is 0 Å². The summed E-state index contributed by atoms with van der Waals surface area (Å²) >= 11 is 0. The van der Waals surface area contributed by atoms with Crippen LogP contribution in [0.2, 0.25) is 0 Å². The van der Waals surface area contributed by atoms with Gasteiger partial charge in [0.05, 0.1) is 13.1 Å². The SMILES string of the molecule is CCC(=O)NC[C@H]1CN(c2ccc(F)cc2)C(=O)O1. The van der Waals surface area contributed by atoms with Crippen LogP contribution in [-0.2, 0) is 9.53 Å². The number of anilines is 1. The van der Waals surface area contributed by atoms with E-state index >= 15 is 0 Å². The lowest BCUT2D eigenvalue weighted by Gasteiger charge is -2.12. The summed E-state index contributed by atoms with van der Waals surface area (Å²) in [5, 5.41) is 2.67. The van der Waals surface area contributed by atoms with Crippen molar-refractivity contribution in [2.45, 2.75) is 19.4 Å². The Morgan fingerprint density at radius 2 is 2.16 bits per heavy atom. The van der Waals surface area contributed by atoms with Crippen LogP contribution in [0, 0.1) is 5.82 Å². The van der Waals surface area contributed by atoms with Crippen molar-refractivity contribution in [1.29, 1.82) is 0 Å². The van der Waals surface area contributed by atoms with E-state index in [1.165, 1.54) is 29.2 Å². The molecule has 1 atom stereocenters. The van der Waals surface area contributed by atoms with Crippen molar-refractivity contribution in [3.63, 3.8) is 0 Å². The maximum Gasteiger partial charge on any atom is 0.414 e. The zero-order valence-corrected chi connectivity index (χ0v) is 10.6. The molecule has 102 valence electrons. The second kappa shape index (κ2) is 5.69. The molecule has 0 aromatic heterocycles. The molecule has 1 aliphatic heterocycles. The van der Waals surface area contributed by atoms with Gasteiger partial charge in [0, 0.05) is 12.1 Å². The molecule has 2 amide bonds. The molecule has 0 radical (unpaired) electrons.